The third kappa shape index (κ3) is 4.09. The molecule has 0 aliphatic carbocycles. The molecule has 0 heterocycles. The van der Waals surface area contributed by atoms with Gasteiger partial charge < -0.3 is 4.74 Å². The second-order valence-corrected chi connectivity index (χ2v) is 1.80. The Morgan fingerprint density at radius 2 is 2.18 bits per heavy atom. The van der Waals surface area contributed by atoms with E-state index in [1.54, 1.807) is 13.0 Å². The first-order valence-corrected chi connectivity index (χ1v) is 3.29. The van der Waals surface area contributed by atoms with Crippen LogP contribution in [0.5, 0.6) is 0 Å². The molecule has 11 heavy (non-hydrogen) atoms. The summed E-state index contributed by atoms with van der Waals surface area (Å²) in [6.07, 6.45) is 0.0208. The lowest BCUT2D eigenvalue weighted by Gasteiger charge is -1.96. The molecule has 0 amide bonds. The van der Waals surface area contributed by atoms with Gasteiger partial charge in [0.1, 0.15) is 0 Å². The van der Waals surface area contributed by atoms with Crippen molar-refractivity contribution in [1.29, 1.82) is 5.26 Å². The Morgan fingerprint density at radius 1 is 1.55 bits per heavy atom. The number of hydrogen-bond donors (Lipinski definition) is 0. The maximum absolute atomic E-state index is 10.7. The monoisotopic (exact) mass is 155 g/mol. The van der Waals surface area contributed by atoms with E-state index in [1.807, 2.05) is 0 Å². The molecule has 0 aromatic heterocycles. The van der Waals surface area contributed by atoms with Crippen molar-refractivity contribution in [3.05, 3.63) is 0 Å². The van der Waals surface area contributed by atoms with Crippen LogP contribution in [0.15, 0.2) is 0 Å². The number of ketones is 1. The highest BCUT2D eigenvalue weighted by Gasteiger charge is 2.12. The maximum Gasteiger partial charge on any atom is 0.374 e. The fourth-order valence-electron chi connectivity index (χ4n) is 0.483. The van der Waals surface area contributed by atoms with Gasteiger partial charge in [-0.2, -0.15) is 5.26 Å². The van der Waals surface area contributed by atoms with E-state index in [0.29, 0.717) is 0 Å². The van der Waals surface area contributed by atoms with Crippen LogP contribution in [0.4, 0.5) is 0 Å². The molecule has 0 atom stereocenters. The van der Waals surface area contributed by atoms with Gasteiger partial charge in [0.15, 0.2) is 0 Å². The molecule has 0 saturated carbocycles. The first-order valence-electron chi connectivity index (χ1n) is 3.29. The predicted molar refractivity (Wildman–Crippen MR) is 36.5 cm³/mol. The SMILES string of the molecule is CCOC(=O)C(=O)CCC#N. The zero-order valence-corrected chi connectivity index (χ0v) is 6.29. The number of rotatable bonds is 4. The van der Waals surface area contributed by atoms with Crippen LogP contribution >= 0.6 is 0 Å². The summed E-state index contributed by atoms with van der Waals surface area (Å²) in [4.78, 5) is 21.2. The van der Waals surface area contributed by atoms with Crippen molar-refractivity contribution in [2.45, 2.75) is 19.8 Å². The van der Waals surface area contributed by atoms with Crippen molar-refractivity contribution < 1.29 is 14.3 Å². The van der Waals surface area contributed by atoms with E-state index in [1.165, 1.54) is 0 Å². The summed E-state index contributed by atoms with van der Waals surface area (Å²) in [5.41, 5.74) is 0. The molecule has 0 N–H and O–H groups in total. The number of ether oxygens (including phenoxy) is 1. The van der Waals surface area contributed by atoms with E-state index in [2.05, 4.69) is 4.74 Å². The Morgan fingerprint density at radius 3 is 2.64 bits per heavy atom. The van der Waals surface area contributed by atoms with Crippen LogP contribution in [0.2, 0.25) is 0 Å². The van der Waals surface area contributed by atoms with Gasteiger partial charge in [-0.1, -0.05) is 0 Å². The standard InChI is InChI=1S/C7H9NO3/c1-2-11-7(10)6(9)4-3-5-8/h2-4H2,1H3. The first-order chi connectivity index (χ1) is 5.22. The quantitative estimate of drug-likeness (QED) is 0.436. The first kappa shape index (κ1) is 9.63. The third-order valence-electron chi connectivity index (χ3n) is 0.967. The molecule has 0 bridgehead atoms. The number of Topliss-reactive ketones (excluding diaryl/α,β-unsaturated/α-hetero) is 1. The van der Waals surface area contributed by atoms with Gasteiger partial charge >= 0.3 is 5.97 Å². The van der Waals surface area contributed by atoms with Crippen LogP contribution < -0.4 is 0 Å². The summed E-state index contributed by atoms with van der Waals surface area (Å²) in [5.74, 6) is -1.48. The lowest BCUT2D eigenvalue weighted by atomic mass is 10.2. The summed E-state index contributed by atoms with van der Waals surface area (Å²) in [5, 5.41) is 8.07. The van der Waals surface area contributed by atoms with Gasteiger partial charge in [-0.3, -0.25) is 4.79 Å². The van der Waals surface area contributed by atoms with Crippen molar-refractivity contribution in [3.63, 3.8) is 0 Å². The summed E-state index contributed by atoms with van der Waals surface area (Å²) in [6.45, 7) is 1.81. The zero-order chi connectivity index (χ0) is 8.69. The highest BCUT2D eigenvalue weighted by Crippen LogP contribution is 1.91. The molecule has 0 aliphatic heterocycles. The molecule has 4 heteroatoms. The Labute approximate surface area is 64.8 Å². The Hall–Kier alpha value is -1.37. The Balaban J connectivity index is 3.67. The van der Waals surface area contributed by atoms with Crippen LogP contribution in [0.25, 0.3) is 0 Å². The van der Waals surface area contributed by atoms with E-state index in [-0.39, 0.29) is 19.4 Å². The van der Waals surface area contributed by atoms with Crippen molar-refractivity contribution in [1.82, 2.24) is 0 Å². The van der Waals surface area contributed by atoms with Gasteiger partial charge in [-0.05, 0) is 6.92 Å². The zero-order valence-electron chi connectivity index (χ0n) is 6.29. The van der Waals surface area contributed by atoms with Crippen LogP contribution in [-0.2, 0) is 14.3 Å². The smallest absolute Gasteiger partial charge is 0.374 e. The lowest BCUT2D eigenvalue weighted by molar-refractivity contribution is -0.153. The Bertz CT molecular complexity index is 192. The van der Waals surface area contributed by atoms with E-state index >= 15 is 0 Å². The largest absolute Gasteiger partial charge is 0.460 e. The summed E-state index contributed by atoms with van der Waals surface area (Å²) >= 11 is 0. The number of hydrogen-bond acceptors (Lipinski definition) is 4. The normalized spacial score (nSPS) is 8.36. The lowest BCUT2D eigenvalue weighted by Crippen LogP contribution is -2.16. The number of carbonyl (C=O) groups excluding carboxylic acids is 2. The predicted octanol–water partition coefficient (Wildman–Crippen LogP) is 0.422. The van der Waals surface area contributed by atoms with E-state index < -0.39 is 11.8 Å². The van der Waals surface area contributed by atoms with Gasteiger partial charge in [0.25, 0.3) is 0 Å². The van der Waals surface area contributed by atoms with Crippen molar-refractivity contribution in [2.24, 2.45) is 0 Å². The molecule has 0 unspecified atom stereocenters. The minimum atomic E-state index is -0.845. The number of nitriles is 1. The van der Waals surface area contributed by atoms with Crippen LogP contribution in [-0.4, -0.2) is 18.4 Å². The fraction of sp³-hybridized carbons (Fsp3) is 0.571. The topological polar surface area (TPSA) is 67.2 Å². The van der Waals surface area contributed by atoms with Gasteiger partial charge in [-0.25, -0.2) is 4.79 Å². The highest BCUT2D eigenvalue weighted by molar-refractivity contribution is 6.33. The molecule has 0 saturated heterocycles. The minimum absolute atomic E-state index is 0.0463. The average molecular weight is 155 g/mol. The summed E-state index contributed by atoms with van der Waals surface area (Å²) in [6, 6.07) is 1.77. The minimum Gasteiger partial charge on any atom is -0.460 e. The number of esters is 1. The highest BCUT2D eigenvalue weighted by atomic mass is 16.5. The molecule has 0 rings (SSSR count). The van der Waals surface area contributed by atoms with Gasteiger partial charge in [0.05, 0.1) is 12.7 Å². The maximum atomic E-state index is 10.7. The molecule has 60 valence electrons. The second-order valence-electron chi connectivity index (χ2n) is 1.80. The number of carbonyl (C=O) groups is 2. The average Bonchev–Trinajstić information content (AvgIpc) is 2.00. The molecule has 0 fully saturated rings. The van der Waals surface area contributed by atoms with Crippen molar-refractivity contribution >= 4 is 11.8 Å². The Kier molecular flexibility index (Phi) is 4.74. The van der Waals surface area contributed by atoms with Gasteiger partial charge in [-0.15, -0.1) is 0 Å². The van der Waals surface area contributed by atoms with Crippen LogP contribution in [0.1, 0.15) is 19.8 Å². The third-order valence-corrected chi connectivity index (χ3v) is 0.967. The van der Waals surface area contributed by atoms with Crippen LogP contribution in [0.3, 0.4) is 0 Å². The molecular weight excluding hydrogens is 146 g/mol. The summed E-state index contributed by atoms with van der Waals surface area (Å²) in [7, 11) is 0. The van der Waals surface area contributed by atoms with E-state index in [0.717, 1.165) is 0 Å². The van der Waals surface area contributed by atoms with Crippen molar-refractivity contribution in [3.8, 4) is 6.07 Å². The molecular formula is C7H9NO3. The van der Waals surface area contributed by atoms with Crippen molar-refractivity contribution in [2.75, 3.05) is 6.61 Å². The van der Waals surface area contributed by atoms with Gasteiger partial charge in [0.2, 0.25) is 5.78 Å². The van der Waals surface area contributed by atoms with Gasteiger partial charge in [0, 0.05) is 12.8 Å². The van der Waals surface area contributed by atoms with Crippen LogP contribution in [0, 0.1) is 11.3 Å². The molecule has 0 aliphatic rings. The van der Waals surface area contributed by atoms with E-state index in [4.69, 9.17) is 5.26 Å². The van der Waals surface area contributed by atoms with E-state index in [9.17, 15) is 9.59 Å². The molecule has 0 radical (unpaired) electrons. The molecule has 4 nitrogen and oxygen atoms in total. The molecule has 0 spiro atoms. The fourth-order valence-corrected chi connectivity index (χ4v) is 0.483. The summed E-state index contributed by atoms with van der Waals surface area (Å²) < 4.78 is 4.40. The molecule has 0 aromatic rings. The molecule has 0 aromatic carbocycles. The second kappa shape index (κ2) is 5.42. The number of nitrogens with zero attached hydrogens (tertiary/aromatic N) is 1.